The molecule has 1 amide bonds. The van der Waals surface area contributed by atoms with Crippen LogP contribution in [0.1, 0.15) is 32.4 Å². The molecule has 0 bridgehead atoms. The maximum absolute atomic E-state index is 13.3. The first-order valence-electron chi connectivity index (χ1n) is 6.93. The van der Waals surface area contributed by atoms with Crippen molar-refractivity contribution in [2.45, 2.75) is 32.4 Å². The van der Waals surface area contributed by atoms with Gasteiger partial charge < -0.3 is 10.1 Å². The van der Waals surface area contributed by atoms with E-state index >= 15 is 0 Å². The van der Waals surface area contributed by atoms with Gasteiger partial charge in [0, 0.05) is 19.6 Å². The third-order valence-corrected chi connectivity index (χ3v) is 3.49. The average Bonchev–Trinajstić information content (AvgIpc) is 2.40. The first-order valence-corrected chi connectivity index (χ1v) is 7.31. The van der Waals surface area contributed by atoms with E-state index in [0.29, 0.717) is 19.6 Å². The highest BCUT2D eigenvalue weighted by Crippen LogP contribution is 2.27. The molecule has 1 N–H and O–H groups in total. The third-order valence-electron chi connectivity index (χ3n) is 3.20. The maximum Gasteiger partial charge on any atom is 0.410 e. The fourth-order valence-corrected chi connectivity index (χ4v) is 2.45. The summed E-state index contributed by atoms with van der Waals surface area (Å²) in [5, 5.41) is 3.29. The molecule has 1 aliphatic rings. The molecule has 1 aromatic carbocycles. The van der Waals surface area contributed by atoms with Crippen LogP contribution in [0.3, 0.4) is 0 Å². The molecule has 0 aliphatic carbocycles. The van der Waals surface area contributed by atoms with Crippen molar-refractivity contribution in [3.8, 4) is 0 Å². The van der Waals surface area contributed by atoms with Crippen molar-refractivity contribution < 1.29 is 13.9 Å². The lowest BCUT2D eigenvalue weighted by Gasteiger charge is -2.37. The van der Waals surface area contributed by atoms with Gasteiger partial charge in [-0.1, -0.05) is 17.7 Å². The Kier molecular flexibility index (Phi) is 4.74. The van der Waals surface area contributed by atoms with E-state index in [4.69, 9.17) is 16.3 Å². The minimum absolute atomic E-state index is 0.0576. The van der Waals surface area contributed by atoms with Gasteiger partial charge in [-0.2, -0.15) is 0 Å². The monoisotopic (exact) mass is 314 g/mol. The smallest absolute Gasteiger partial charge is 0.410 e. The molecule has 2 rings (SSSR count). The van der Waals surface area contributed by atoms with Crippen LogP contribution in [0.5, 0.6) is 0 Å². The molecule has 4 nitrogen and oxygen atoms in total. The Bertz CT molecular complexity index is 531. The summed E-state index contributed by atoms with van der Waals surface area (Å²) < 4.78 is 18.7. The van der Waals surface area contributed by atoms with Crippen molar-refractivity contribution in [3.05, 3.63) is 34.6 Å². The number of rotatable bonds is 1. The fourth-order valence-electron chi connectivity index (χ4n) is 2.26. The Morgan fingerprint density at radius 1 is 1.48 bits per heavy atom. The second kappa shape index (κ2) is 6.20. The van der Waals surface area contributed by atoms with Gasteiger partial charge in [0.1, 0.15) is 11.4 Å². The highest BCUT2D eigenvalue weighted by atomic mass is 35.5. The van der Waals surface area contributed by atoms with Crippen LogP contribution in [0.4, 0.5) is 9.18 Å². The summed E-state index contributed by atoms with van der Waals surface area (Å²) in [6.45, 7) is 7.31. The normalized spacial score (nSPS) is 19.5. The van der Waals surface area contributed by atoms with Gasteiger partial charge in [-0.3, -0.25) is 4.90 Å². The van der Waals surface area contributed by atoms with Crippen molar-refractivity contribution in [1.29, 1.82) is 0 Å². The molecule has 116 valence electrons. The SMILES string of the molecule is CC(C)(C)OC(=O)N1CCNCC1c1ccc(F)c(Cl)c1. The Morgan fingerprint density at radius 2 is 2.19 bits per heavy atom. The molecule has 0 saturated carbocycles. The molecular formula is C15H20ClFN2O2. The molecule has 1 unspecified atom stereocenters. The zero-order valence-corrected chi connectivity index (χ0v) is 13.2. The van der Waals surface area contributed by atoms with E-state index in [-0.39, 0.29) is 17.2 Å². The quantitative estimate of drug-likeness (QED) is 0.864. The predicted octanol–water partition coefficient (Wildman–Crippen LogP) is 3.36. The van der Waals surface area contributed by atoms with Gasteiger partial charge in [-0.25, -0.2) is 9.18 Å². The standard InChI is InChI=1S/C15H20ClFN2O2/c1-15(2,3)21-14(20)19-7-6-18-9-13(19)10-4-5-12(17)11(16)8-10/h4-5,8,13,18H,6-7,9H2,1-3H3. The van der Waals surface area contributed by atoms with E-state index in [1.165, 1.54) is 6.07 Å². The summed E-state index contributed by atoms with van der Waals surface area (Å²) in [4.78, 5) is 14.0. The summed E-state index contributed by atoms with van der Waals surface area (Å²) in [5.74, 6) is -0.465. The van der Waals surface area contributed by atoms with E-state index in [1.54, 1.807) is 17.0 Å². The van der Waals surface area contributed by atoms with Crippen molar-refractivity contribution in [3.63, 3.8) is 0 Å². The van der Waals surface area contributed by atoms with Crippen molar-refractivity contribution >= 4 is 17.7 Å². The molecule has 1 heterocycles. The molecule has 0 radical (unpaired) electrons. The van der Waals surface area contributed by atoms with Crippen LogP contribution in [-0.4, -0.2) is 36.2 Å². The lowest BCUT2D eigenvalue weighted by Crippen LogP contribution is -2.50. The molecule has 1 aliphatic heterocycles. The molecule has 6 heteroatoms. The summed E-state index contributed by atoms with van der Waals surface area (Å²) >= 11 is 5.84. The number of hydrogen-bond acceptors (Lipinski definition) is 3. The zero-order chi connectivity index (χ0) is 15.6. The molecular weight excluding hydrogens is 295 g/mol. The van der Waals surface area contributed by atoms with Crippen LogP contribution in [-0.2, 0) is 4.74 Å². The van der Waals surface area contributed by atoms with E-state index in [1.807, 2.05) is 20.8 Å². The number of nitrogens with zero attached hydrogens (tertiary/aromatic N) is 1. The van der Waals surface area contributed by atoms with Crippen molar-refractivity contribution in [2.75, 3.05) is 19.6 Å². The van der Waals surface area contributed by atoms with Crippen LogP contribution in [0.15, 0.2) is 18.2 Å². The summed E-state index contributed by atoms with van der Waals surface area (Å²) in [5.41, 5.74) is 0.243. The van der Waals surface area contributed by atoms with Gasteiger partial charge >= 0.3 is 6.09 Å². The highest BCUT2D eigenvalue weighted by molar-refractivity contribution is 6.30. The van der Waals surface area contributed by atoms with E-state index in [9.17, 15) is 9.18 Å². The van der Waals surface area contributed by atoms with Crippen LogP contribution in [0.2, 0.25) is 5.02 Å². The molecule has 0 spiro atoms. The van der Waals surface area contributed by atoms with Gasteiger partial charge in [0.25, 0.3) is 0 Å². The fraction of sp³-hybridized carbons (Fsp3) is 0.533. The first kappa shape index (κ1) is 16.0. The van der Waals surface area contributed by atoms with Gasteiger partial charge in [-0.05, 0) is 38.5 Å². The average molecular weight is 315 g/mol. The summed E-state index contributed by atoms with van der Waals surface area (Å²) in [6, 6.07) is 4.31. The Hall–Kier alpha value is -1.33. The van der Waals surface area contributed by atoms with Crippen LogP contribution in [0, 0.1) is 5.82 Å². The molecule has 0 aromatic heterocycles. The van der Waals surface area contributed by atoms with Crippen molar-refractivity contribution in [1.82, 2.24) is 10.2 Å². The number of carbonyl (C=O) groups is 1. The summed E-state index contributed by atoms with van der Waals surface area (Å²) in [7, 11) is 0. The largest absolute Gasteiger partial charge is 0.444 e. The minimum Gasteiger partial charge on any atom is -0.444 e. The number of carbonyl (C=O) groups excluding carboxylic acids is 1. The number of halogens is 2. The molecule has 1 fully saturated rings. The molecule has 21 heavy (non-hydrogen) atoms. The highest BCUT2D eigenvalue weighted by Gasteiger charge is 2.31. The maximum atomic E-state index is 13.3. The van der Waals surface area contributed by atoms with E-state index < -0.39 is 11.4 Å². The van der Waals surface area contributed by atoms with Gasteiger partial charge in [-0.15, -0.1) is 0 Å². The zero-order valence-electron chi connectivity index (χ0n) is 12.5. The molecule has 1 aromatic rings. The second-order valence-corrected chi connectivity index (χ2v) is 6.47. The van der Waals surface area contributed by atoms with Gasteiger partial charge in [0.15, 0.2) is 0 Å². The molecule has 1 atom stereocenters. The number of amides is 1. The Morgan fingerprint density at radius 3 is 2.81 bits per heavy atom. The van der Waals surface area contributed by atoms with Crippen LogP contribution < -0.4 is 5.32 Å². The second-order valence-electron chi connectivity index (χ2n) is 6.07. The number of ether oxygens (including phenoxy) is 1. The van der Waals surface area contributed by atoms with E-state index in [0.717, 1.165) is 5.56 Å². The third kappa shape index (κ3) is 4.08. The van der Waals surface area contributed by atoms with Gasteiger partial charge in [0.05, 0.1) is 11.1 Å². The first-order chi connectivity index (χ1) is 9.78. The topological polar surface area (TPSA) is 41.6 Å². The number of piperazine rings is 1. The summed E-state index contributed by atoms with van der Waals surface area (Å²) in [6.07, 6.45) is -0.366. The van der Waals surface area contributed by atoms with Crippen molar-refractivity contribution in [2.24, 2.45) is 0 Å². The van der Waals surface area contributed by atoms with Crippen LogP contribution >= 0.6 is 11.6 Å². The number of nitrogens with one attached hydrogen (secondary N) is 1. The minimum atomic E-state index is -0.549. The Balaban J connectivity index is 2.22. The Labute approximate surface area is 129 Å². The number of hydrogen-bond donors (Lipinski definition) is 1. The lowest BCUT2D eigenvalue weighted by atomic mass is 10.0. The predicted molar refractivity (Wildman–Crippen MR) is 80.0 cm³/mol. The molecule has 1 saturated heterocycles. The number of benzene rings is 1. The van der Waals surface area contributed by atoms with E-state index in [2.05, 4.69) is 5.32 Å². The van der Waals surface area contributed by atoms with Crippen LogP contribution in [0.25, 0.3) is 0 Å². The van der Waals surface area contributed by atoms with Gasteiger partial charge in [0.2, 0.25) is 0 Å². The lowest BCUT2D eigenvalue weighted by molar-refractivity contribution is 0.0118.